The highest BCUT2D eigenvalue weighted by Gasteiger charge is 2.36. The van der Waals surface area contributed by atoms with Crippen LogP contribution in [0, 0.1) is 10.1 Å². The Kier molecular flexibility index (Phi) is 5.18. The molecule has 0 saturated carbocycles. The van der Waals surface area contributed by atoms with Crippen LogP contribution in [-0.4, -0.2) is 37.1 Å². The van der Waals surface area contributed by atoms with Crippen LogP contribution in [0.2, 0.25) is 5.02 Å². The number of rotatable bonds is 5. The van der Waals surface area contributed by atoms with Crippen molar-refractivity contribution in [3.05, 3.63) is 32.8 Å². The van der Waals surface area contributed by atoms with Gasteiger partial charge in [-0.05, 0) is 14.1 Å². The molecule has 0 atom stereocenters. The van der Waals surface area contributed by atoms with E-state index in [1.807, 2.05) is 0 Å². The molecule has 0 heterocycles. The lowest BCUT2D eigenvalue weighted by molar-refractivity contribution is -0.386. The standard InChI is InChI=1S/C11H12ClF3N2O3/c1-16(2)3-4-20-10-6-8(12)7(11(13,14)15)5-9(10)17(18)19/h5-6H,3-4H2,1-2H3. The monoisotopic (exact) mass is 312 g/mol. The summed E-state index contributed by atoms with van der Waals surface area (Å²) in [6.07, 6.45) is -4.76. The number of halogens is 4. The number of alkyl halides is 3. The van der Waals surface area contributed by atoms with Crippen LogP contribution in [-0.2, 0) is 6.18 Å². The first-order chi connectivity index (χ1) is 9.12. The third-order valence-corrected chi connectivity index (χ3v) is 2.66. The number of hydrogen-bond acceptors (Lipinski definition) is 4. The van der Waals surface area contributed by atoms with Crippen LogP contribution in [0.15, 0.2) is 12.1 Å². The van der Waals surface area contributed by atoms with Gasteiger partial charge in [-0.2, -0.15) is 13.2 Å². The van der Waals surface area contributed by atoms with Gasteiger partial charge >= 0.3 is 11.9 Å². The zero-order chi connectivity index (χ0) is 15.5. The number of nitro benzene ring substituents is 1. The first-order valence-electron chi connectivity index (χ1n) is 5.45. The molecule has 0 bridgehead atoms. The minimum atomic E-state index is -4.76. The molecular weight excluding hydrogens is 301 g/mol. The van der Waals surface area contributed by atoms with Gasteiger partial charge in [0.1, 0.15) is 6.61 Å². The van der Waals surface area contributed by atoms with E-state index in [9.17, 15) is 23.3 Å². The van der Waals surface area contributed by atoms with Gasteiger partial charge in [0.15, 0.2) is 5.75 Å². The topological polar surface area (TPSA) is 55.6 Å². The molecule has 0 aromatic heterocycles. The maximum atomic E-state index is 12.6. The third kappa shape index (κ3) is 4.24. The van der Waals surface area contributed by atoms with Gasteiger partial charge in [-0.1, -0.05) is 11.6 Å². The Morgan fingerprint density at radius 3 is 2.45 bits per heavy atom. The summed E-state index contributed by atoms with van der Waals surface area (Å²) in [6, 6.07) is 1.20. The minimum Gasteiger partial charge on any atom is -0.485 e. The Morgan fingerprint density at radius 1 is 1.40 bits per heavy atom. The SMILES string of the molecule is CN(C)CCOc1cc(Cl)c(C(F)(F)F)cc1[N+](=O)[O-]. The van der Waals surface area contributed by atoms with Gasteiger partial charge in [0, 0.05) is 18.7 Å². The molecular formula is C11H12ClF3N2O3. The molecule has 1 rings (SSSR count). The van der Waals surface area contributed by atoms with E-state index in [1.165, 1.54) is 0 Å². The van der Waals surface area contributed by atoms with E-state index in [0.29, 0.717) is 12.6 Å². The number of ether oxygens (including phenoxy) is 1. The van der Waals surface area contributed by atoms with Gasteiger partial charge in [0.25, 0.3) is 0 Å². The van der Waals surface area contributed by atoms with E-state index in [4.69, 9.17) is 16.3 Å². The van der Waals surface area contributed by atoms with E-state index in [2.05, 4.69) is 0 Å². The first kappa shape index (κ1) is 16.5. The summed E-state index contributed by atoms with van der Waals surface area (Å²) in [5.74, 6) is -0.283. The lowest BCUT2D eigenvalue weighted by atomic mass is 10.2. The van der Waals surface area contributed by atoms with Crippen molar-refractivity contribution in [3.8, 4) is 5.75 Å². The summed E-state index contributed by atoms with van der Waals surface area (Å²) in [5.41, 5.74) is -2.02. The van der Waals surface area contributed by atoms with E-state index in [-0.39, 0.29) is 12.4 Å². The smallest absolute Gasteiger partial charge is 0.418 e. The molecule has 0 fully saturated rings. The predicted molar refractivity (Wildman–Crippen MR) is 67.2 cm³/mol. The molecule has 0 unspecified atom stereocenters. The molecule has 1 aromatic rings. The molecule has 0 spiro atoms. The van der Waals surface area contributed by atoms with Crippen LogP contribution >= 0.6 is 11.6 Å². The Morgan fingerprint density at radius 2 is 2.00 bits per heavy atom. The van der Waals surface area contributed by atoms with Crippen LogP contribution in [0.1, 0.15) is 5.56 Å². The largest absolute Gasteiger partial charge is 0.485 e. The van der Waals surface area contributed by atoms with Crippen molar-refractivity contribution >= 4 is 17.3 Å². The molecule has 0 aliphatic heterocycles. The Labute approximate surface area is 118 Å². The van der Waals surface area contributed by atoms with Gasteiger partial charge in [0.05, 0.1) is 15.5 Å². The normalized spacial score (nSPS) is 11.8. The van der Waals surface area contributed by atoms with Gasteiger partial charge in [-0.25, -0.2) is 0 Å². The molecule has 0 aliphatic rings. The summed E-state index contributed by atoms with van der Waals surface area (Å²) in [4.78, 5) is 11.6. The summed E-state index contributed by atoms with van der Waals surface area (Å²) >= 11 is 5.50. The molecule has 0 N–H and O–H groups in total. The number of likely N-dealkylation sites (N-methyl/N-ethyl adjacent to an activating group) is 1. The van der Waals surface area contributed by atoms with Gasteiger partial charge < -0.3 is 9.64 Å². The van der Waals surface area contributed by atoms with Crippen molar-refractivity contribution in [2.45, 2.75) is 6.18 Å². The van der Waals surface area contributed by atoms with Crippen molar-refractivity contribution in [3.63, 3.8) is 0 Å². The van der Waals surface area contributed by atoms with Crippen LogP contribution < -0.4 is 4.74 Å². The fourth-order valence-electron chi connectivity index (χ4n) is 1.36. The van der Waals surface area contributed by atoms with E-state index in [1.54, 1.807) is 19.0 Å². The first-order valence-corrected chi connectivity index (χ1v) is 5.83. The lowest BCUT2D eigenvalue weighted by Crippen LogP contribution is -2.19. The molecule has 20 heavy (non-hydrogen) atoms. The average Bonchev–Trinajstić information content (AvgIpc) is 2.26. The third-order valence-electron chi connectivity index (χ3n) is 2.35. The summed E-state index contributed by atoms with van der Waals surface area (Å²) in [6.45, 7) is 0.547. The maximum Gasteiger partial charge on any atom is 0.418 e. The van der Waals surface area contributed by atoms with Crippen molar-refractivity contribution in [1.82, 2.24) is 4.90 Å². The van der Waals surface area contributed by atoms with Gasteiger partial charge in [-0.15, -0.1) is 0 Å². The van der Waals surface area contributed by atoms with Crippen molar-refractivity contribution < 1.29 is 22.8 Å². The highest BCUT2D eigenvalue weighted by Crippen LogP contribution is 2.41. The second-order valence-electron chi connectivity index (χ2n) is 4.21. The molecule has 0 aliphatic carbocycles. The molecule has 0 amide bonds. The Bertz CT molecular complexity index is 506. The highest BCUT2D eigenvalue weighted by atomic mass is 35.5. The Balaban J connectivity index is 3.12. The zero-order valence-electron chi connectivity index (χ0n) is 10.7. The van der Waals surface area contributed by atoms with Crippen molar-refractivity contribution in [2.24, 2.45) is 0 Å². The second kappa shape index (κ2) is 6.27. The highest BCUT2D eigenvalue weighted by molar-refractivity contribution is 6.31. The number of benzene rings is 1. The molecule has 9 heteroatoms. The number of nitro groups is 1. The lowest BCUT2D eigenvalue weighted by Gasteiger charge is -2.13. The van der Waals surface area contributed by atoms with Crippen LogP contribution in [0.3, 0.4) is 0 Å². The summed E-state index contributed by atoms with van der Waals surface area (Å²) < 4.78 is 43.0. The van der Waals surface area contributed by atoms with Crippen LogP contribution in [0.5, 0.6) is 5.75 Å². The molecule has 5 nitrogen and oxygen atoms in total. The summed E-state index contributed by atoms with van der Waals surface area (Å²) in [5, 5.41) is 10.2. The van der Waals surface area contributed by atoms with Crippen LogP contribution in [0.4, 0.5) is 18.9 Å². The van der Waals surface area contributed by atoms with Crippen LogP contribution in [0.25, 0.3) is 0 Å². The number of hydrogen-bond donors (Lipinski definition) is 0. The van der Waals surface area contributed by atoms with E-state index >= 15 is 0 Å². The quantitative estimate of drug-likeness (QED) is 0.619. The zero-order valence-corrected chi connectivity index (χ0v) is 11.5. The fourth-order valence-corrected chi connectivity index (χ4v) is 1.62. The van der Waals surface area contributed by atoms with E-state index in [0.717, 1.165) is 6.07 Å². The average molecular weight is 313 g/mol. The molecule has 0 saturated heterocycles. The minimum absolute atomic E-state index is 0.0928. The van der Waals surface area contributed by atoms with E-state index < -0.39 is 27.4 Å². The second-order valence-corrected chi connectivity index (χ2v) is 4.61. The maximum absolute atomic E-state index is 12.6. The van der Waals surface area contributed by atoms with Gasteiger partial charge in [-0.3, -0.25) is 10.1 Å². The Hall–Kier alpha value is -1.54. The molecule has 1 aromatic carbocycles. The fraction of sp³-hybridized carbons (Fsp3) is 0.455. The molecule has 112 valence electrons. The predicted octanol–water partition coefficient (Wildman–Crippen LogP) is 3.21. The van der Waals surface area contributed by atoms with Gasteiger partial charge in [0.2, 0.25) is 0 Å². The van der Waals surface area contributed by atoms with Crippen molar-refractivity contribution in [2.75, 3.05) is 27.2 Å². The summed E-state index contributed by atoms with van der Waals surface area (Å²) in [7, 11) is 3.52. The van der Waals surface area contributed by atoms with Crippen molar-refractivity contribution in [1.29, 1.82) is 0 Å². The molecule has 0 radical (unpaired) electrons. The number of nitrogens with zero attached hydrogens (tertiary/aromatic N) is 2.